The first-order valence-electron chi connectivity index (χ1n) is 9.40. The molecule has 0 bridgehead atoms. The minimum Gasteiger partial charge on any atom is -0.497 e. The lowest BCUT2D eigenvalue weighted by Gasteiger charge is -2.43. The standard InChI is InChI=1S/C20H26N2O5/c1-27-16-6-3-15(4-7-16)5-8-17(23)21-11-13-22(14-12-21)18(24)20(19(25)26)9-2-10-20/h3-4,6-7H,2,5,8-14H2,1H3,(H,25,26). The van der Waals surface area contributed by atoms with Gasteiger partial charge in [0.25, 0.3) is 0 Å². The van der Waals surface area contributed by atoms with Crippen molar-refractivity contribution >= 4 is 17.8 Å². The number of carboxylic acids is 1. The van der Waals surface area contributed by atoms with Crippen LogP contribution in [-0.4, -0.2) is 66.0 Å². The number of aliphatic carboxylic acids is 1. The number of hydrogen-bond acceptors (Lipinski definition) is 4. The number of carbonyl (C=O) groups excluding carboxylic acids is 2. The molecule has 1 saturated heterocycles. The van der Waals surface area contributed by atoms with Crippen LogP contribution >= 0.6 is 0 Å². The number of amides is 2. The van der Waals surface area contributed by atoms with Gasteiger partial charge in [-0.15, -0.1) is 0 Å². The molecule has 1 N–H and O–H groups in total. The maximum Gasteiger partial charge on any atom is 0.319 e. The van der Waals surface area contributed by atoms with E-state index in [4.69, 9.17) is 4.74 Å². The Morgan fingerprint density at radius 3 is 2.11 bits per heavy atom. The highest BCUT2D eigenvalue weighted by atomic mass is 16.5. The van der Waals surface area contributed by atoms with Crippen LogP contribution in [0.4, 0.5) is 0 Å². The fourth-order valence-electron chi connectivity index (χ4n) is 3.71. The van der Waals surface area contributed by atoms with Gasteiger partial charge in [0, 0.05) is 32.6 Å². The molecule has 27 heavy (non-hydrogen) atoms. The maximum absolute atomic E-state index is 12.6. The maximum atomic E-state index is 12.6. The van der Waals surface area contributed by atoms with E-state index in [0.717, 1.165) is 17.7 Å². The average molecular weight is 374 g/mol. The summed E-state index contributed by atoms with van der Waals surface area (Å²) in [5, 5.41) is 9.42. The zero-order valence-corrected chi connectivity index (χ0v) is 15.6. The first-order valence-corrected chi connectivity index (χ1v) is 9.40. The van der Waals surface area contributed by atoms with E-state index in [9.17, 15) is 19.5 Å². The number of methoxy groups -OCH3 is 1. The van der Waals surface area contributed by atoms with Crippen molar-refractivity contribution in [3.63, 3.8) is 0 Å². The van der Waals surface area contributed by atoms with E-state index in [1.807, 2.05) is 24.3 Å². The zero-order chi connectivity index (χ0) is 19.4. The van der Waals surface area contributed by atoms with E-state index < -0.39 is 11.4 Å². The molecule has 2 amide bonds. The SMILES string of the molecule is COc1ccc(CCC(=O)N2CCN(C(=O)C3(C(=O)O)CCC3)CC2)cc1. The van der Waals surface area contributed by atoms with Gasteiger partial charge in [0.2, 0.25) is 11.8 Å². The Labute approximate surface area is 158 Å². The number of piperazine rings is 1. The molecule has 7 heteroatoms. The van der Waals surface area contributed by atoms with Crippen molar-refractivity contribution in [2.75, 3.05) is 33.3 Å². The van der Waals surface area contributed by atoms with Gasteiger partial charge >= 0.3 is 5.97 Å². The third kappa shape index (κ3) is 3.91. The summed E-state index contributed by atoms with van der Waals surface area (Å²) in [4.78, 5) is 39.9. The van der Waals surface area contributed by atoms with Crippen LogP contribution in [0.25, 0.3) is 0 Å². The number of hydrogen-bond donors (Lipinski definition) is 1. The predicted octanol–water partition coefficient (Wildman–Crippen LogP) is 1.55. The third-order valence-corrected chi connectivity index (χ3v) is 5.73. The second kappa shape index (κ2) is 7.98. The van der Waals surface area contributed by atoms with Crippen LogP contribution in [0.3, 0.4) is 0 Å². The Balaban J connectivity index is 1.47. The lowest BCUT2D eigenvalue weighted by molar-refractivity contribution is -0.169. The van der Waals surface area contributed by atoms with Gasteiger partial charge < -0.3 is 19.6 Å². The van der Waals surface area contributed by atoms with E-state index in [1.165, 1.54) is 0 Å². The third-order valence-electron chi connectivity index (χ3n) is 5.73. The van der Waals surface area contributed by atoms with E-state index >= 15 is 0 Å². The molecule has 1 aliphatic heterocycles. The second-order valence-corrected chi connectivity index (χ2v) is 7.26. The highest BCUT2D eigenvalue weighted by Crippen LogP contribution is 2.43. The van der Waals surface area contributed by atoms with Gasteiger partial charge in [-0.25, -0.2) is 0 Å². The normalized spacial score (nSPS) is 18.6. The van der Waals surface area contributed by atoms with Gasteiger partial charge in [-0.1, -0.05) is 18.6 Å². The van der Waals surface area contributed by atoms with Crippen LogP contribution in [-0.2, 0) is 20.8 Å². The zero-order valence-electron chi connectivity index (χ0n) is 15.6. The number of aryl methyl sites for hydroxylation is 1. The van der Waals surface area contributed by atoms with Crippen LogP contribution < -0.4 is 4.74 Å². The van der Waals surface area contributed by atoms with Gasteiger partial charge in [0.05, 0.1) is 7.11 Å². The van der Waals surface area contributed by atoms with Gasteiger partial charge in [-0.2, -0.15) is 0 Å². The molecule has 1 aliphatic carbocycles. The number of carboxylic acid groups (broad SMARTS) is 1. The summed E-state index contributed by atoms with van der Waals surface area (Å²) >= 11 is 0. The monoisotopic (exact) mass is 374 g/mol. The van der Waals surface area contributed by atoms with Gasteiger partial charge in [0.15, 0.2) is 0 Å². The summed E-state index contributed by atoms with van der Waals surface area (Å²) in [5.41, 5.74) is -0.146. The number of nitrogens with zero attached hydrogens (tertiary/aromatic N) is 2. The topological polar surface area (TPSA) is 87.2 Å². The highest BCUT2D eigenvalue weighted by Gasteiger charge is 2.53. The summed E-state index contributed by atoms with van der Waals surface area (Å²) in [7, 11) is 1.62. The molecule has 0 radical (unpaired) electrons. The summed E-state index contributed by atoms with van der Waals surface area (Å²) in [6.45, 7) is 1.73. The minimum absolute atomic E-state index is 0.0644. The number of benzene rings is 1. The largest absolute Gasteiger partial charge is 0.497 e. The molecule has 0 unspecified atom stereocenters. The first-order chi connectivity index (χ1) is 13.0. The molecule has 1 heterocycles. The van der Waals surface area contributed by atoms with E-state index in [2.05, 4.69) is 0 Å². The molecule has 0 aromatic heterocycles. The molecule has 1 aromatic rings. The van der Waals surface area contributed by atoms with Crippen molar-refractivity contribution < 1.29 is 24.2 Å². The Kier molecular flexibility index (Phi) is 5.68. The quantitative estimate of drug-likeness (QED) is 0.764. The highest BCUT2D eigenvalue weighted by molar-refractivity contribution is 6.02. The van der Waals surface area contributed by atoms with Gasteiger partial charge in [-0.05, 0) is 37.0 Å². The Morgan fingerprint density at radius 1 is 1.04 bits per heavy atom. The first kappa shape index (κ1) is 19.2. The Morgan fingerprint density at radius 2 is 1.63 bits per heavy atom. The van der Waals surface area contributed by atoms with Crippen molar-refractivity contribution in [2.24, 2.45) is 5.41 Å². The fraction of sp³-hybridized carbons (Fsp3) is 0.550. The van der Waals surface area contributed by atoms with Crippen LogP contribution in [0.15, 0.2) is 24.3 Å². The van der Waals surface area contributed by atoms with Gasteiger partial charge in [-0.3, -0.25) is 14.4 Å². The van der Waals surface area contributed by atoms with Crippen molar-refractivity contribution in [1.82, 2.24) is 9.80 Å². The van der Waals surface area contributed by atoms with E-state index in [0.29, 0.717) is 51.9 Å². The molecule has 2 aliphatic rings. The summed E-state index contributed by atoms with van der Waals surface area (Å²) < 4.78 is 5.13. The summed E-state index contributed by atoms with van der Waals surface area (Å²) in [6, 6.07) is 7.66. The number of ether oxygens (including phenoxy) is 1. The number of rotatable bonds is 6. The molecule has 3 rings (SSSR count). The lowest BCUT2D eigenvalue weighted by atomic mass is 9.67. The van der Waals surface area contributed by atoms with Crippen LogP contribution in [0.2, 0.25) is 0 Å². The van der Waals surface area contributed by atoms with E-state index in [1.54, 1.807) is 16.9 Å². The smallest absolute Gasteiger partial charge is 0.319 e. The lowest BCUT2D eigenvalue weighted by Crippen LogP contribution is -2.58. The molecular formula is C20H26N2O5. The molecular weight excluding hydrogens is 348 g/mol. The van der Waals surface area contributed by atoms with E-state index in [-0.39, 0.29) is 11.8 Å². The average Bonchev–Trinajstić information content (AvgIpc) is 2.65. The van der Waals surface area contributed by atoms with Crippen molar-refractivity contribution in [3.05, 3.63) is 29.8 Å². The summed E-state index contributed by atoms with van der Waals surface area (Å²) in [6.07, 6.45) is 2.69. The summed E-state index contributed by atoms with van der Waals surface area (Å²) in [5.74, 6) is -0.450. The molecule has 7 nitrogen and oxygen atoms in total. The Hall–Kier alpha value is -2.57. The van der Waals surface area contributed by atoms with Gasteiger partial charge in [0.1, 0.15) is 11.2 Å². The molecule has 1 aromatic carbocycles. The minimum atomic E-state index is -1.22. The van der Waals surface area contributed by atoms with Crippen molar-refractivity contribution in [1.29, 1.82) is 0 Å². The molecule has 1 saturated carbocycles. The van der Waals surface area contributed by atoms with Crippen LogP contribution in [0, 0.1) is 5.41 Å². The number of carbonyl (C=O) groups is 3. The predicted molar refractivity (Wildman–Crippen MR) is 98.4 cm³/mol. The van der Waals surface area contributed by atoms with Crippen LogP contribution in [0.1, 0.15) is 31.2 Å². The molecule has 0 atom stereocenters. The van der Waals surface area contributed by atoms with Crippen molar-refractivity contribution in [2.45, 2.75) is 32.1 Å². The molecule has 146 valence electrons. The van der Waals surface area contributed by atoms with Crippen molar-refractivity contribution in [3.8, 4) is 5.75 Å². The molecule has 2 fully saturated rings. The fourth-order valence-corrected chi connectivity index (χ4v) is 3.71. The molecule has 0 spiro atoms. The Bertz CT molecular complexity index is 704. The second-order valence-electron chi connectivity index (χ2n) is 7.26. The van der Waals surface area contributed by atoms with Crippen LogP contribution in [0.5, 0.6) is 5.75 Å².